The molecular formula is C8H14N6. The van der Waals surface area contributed by atoms with Crippen LogP contribution in [0.2, 0.25) is 0 Å². The number of aromatic nitrogens is 4. The monoisotopic (exact) mass is 194 g/mol. The fourth-order valence-corrected chi connectivity index (χ4v) is 1.59. The van der Waals surface area contributed by atoms with Crippen molar-refractivity contribution in [2.75, 3.05) is 23.8 Å². The molecule has 2 aromatic heterocycles. The van der Waals surface area contributed by atoms with E-state index in [1.54, 1.807) is 6.33 Å². The van der Waals surface area contributed by atoms with Gasteiger partial charge in [0, 0.05) is 19.2 Å². The van der Waals surface area contributed by atoms with E-state index in [0.29, 0.717) is 5.82 Å². The maximum atomic E-state index is 5.88. The van der Waals surface area contributed by atoms with Gasteiger partial charge in [-0.3, -0.25) is 5.01 Å². The lowest BCUT2D eigenvalue weighted by Crippen LogP contribution is -2.37. The van der Waals surface area contributed by atoms with Crippen molar-refractivity contribution in [2.45, 2.75) is 13.8 Å². The summed E-state index contributed by atoms with van der Waals surface area (Å²) in [5, 5.41) is 9.86. The smallest absolute Gasteiger partial charge is 0.181 e. The van der Waals surface area contributed by atoms with Crippen LogP contribution < -0.4 is 10.7 Å². The number of nitrogen functional groups attached to an aromatic ring is 1. The molecule has 6 nitrogen and oxygen atoms in total. The number of nitrogens with zero attached hydrogens (tertiary/aromatic N) is 5. The Morgan fingerprint density at radius 3 is 2.79 bits per heavy atom. The zero-order chi connectivity index (χ0) is 10.1. The molecule has 0 aromatic carbocycles. The fourth-order valence-electron chi connectivity index (χ4n) is 1.59. The third kappa shape index (κ3) is 1.11. The molecule has 2 aromatic rings. The zero-order valence-corrected chi connectivity index (χ0v) is 8.38. The van der Waals surface area contributed by atoms with Gasteiger partial charge in [-0.2, -0.15) is 4.79 Å². The minimum Gasteiger partial charge on any atom is -0.382 e. The molecule has 6 heteroatoms. The summed E-state index contributed by atoms with van der Waals surface area (Å²) in [5.74, 6) is 0.679. The van der Waals surface area contributed by atoms with Gasteiger partial charge in [0.25, 0.3) is 0 Å². The highest BCUT2D eigenvalue weighted by Gasteiger charge is 2.10. The summed E-state index contributed by atoms with van der Waals surface area (Å²) in [5.41, 5.74) is 6.66. The summed E-state index contributed by atoms with van der Waals surface area (Å²) in [7, 11) is 0. The first kappa shape index (κ1) is 8.86. The van der Waals surface area contributed by atoms with Crippen LogP contribution in [0.5, 0.6) is 0 Å². The summed E-state index contributed by atoms with van der Waals surface area (Å²) in [4.78, 5) is 1.88. The van der Waals surface area contributed by atoms with Crippen LogP contribution in [0, 0.1) is 0 Å². The SMILES string of the molecule is CCN(CC)n1c(N)cc2nncn21. The fraction of sp³-hybridized carbons (Fsp3) is 0.500. The van der Waals surface area contributed by atoms with Crippen molar-refractivity contribution >= 4 is 11.5 Å². The van der Waals surface area contributed by atoms with E-state index in [0.717, 1.165) is 18.7 Å². The van der Waals surface area contributed by atoms with Crippen LogP contribution in [0.4, 0.5) is 5.82 Å². The van der Waals surface area contributed by atoms with Crippen LogP contribution in [-0.2, 0) is 0 Å². The second kappa shape index (κ2) is 3.21. The van der Waals surface area contributed by atoms with Crippen LogP contribution in [0.15, 0.2) is 12.4 Å². The Bertz CT molecular complexity index is 424. The Hall–Kier alpha value is -1.72. The minimum atomic E-state index is 0.679. The average molecular weight is 194 g/mol. The van der Waals surface area contributed by atoms with Crippen molar-refractivity contribution in [1.29, 1.82) is 0 Å². The van der Waals surface area contributed by atoms with Gasteiger partial charge in [0.2, 0.25) is 0 Å². The Morgan fingerprint density at radius 2 is 2.14 bits per heavy atom. The first-order valence-corrected chi connectivity index (χ1v) is 4.70. The van der Waals surface area contributed by atoms with Gasteiger partial charge >= 0.3 is 0 Å². The molecule has 0 spiro atoms. The molecule has 0 saturated carbocycles. The second-order valence-electron chi connectivity index (χ2n) is 3.03. The first-order valence-electron chi connectivity index (χ1n) is 4.70. The highest BCUT2D eigenvalue weighted by Crippen LogP contribution is 2.10. The lowest BCUT2D eigenvalue weighted by molar-refractivity contribution is 0.537. The van der Waals surface area contributed by atoms with Crippen molar-refractivity contribution in [3.8, 4) is 0 Å². The molecule has 0 atom stereocenters. The maximum absolute atomic E-state index is 5.88. The predicted octanol–water partition coefficient (Wildman–Crippen LogP) is 0.0908. The Balaban J connectivity index is 2.57. The lowest BCUT2D eigenvalue weighted by atomic mass is 10.6. The summed E-state index contributed by atoms with van der Waals surface area (Å²) >= 11 is 0. The molecule has 0 bridgehead atoms. The molecule has 0 radical (unpaired) electrons. The number of anilines is 1. The summed E-state index contributed by atoms with van der Waals surface area (Å²) in [6, 6.07) is 1.81. The van der Waals surface area contributed by atoms with Crippen molar-refractivity contribution in [2.24, 2.45) is 0 Å². The number of hydrogen-bond acceptors (Lipinski definition) is 4. The molecule has 2 heterocycles. The molecule has 2 N–H and O–H groups in total. The molecule has 0 amide bonds. The highest BCUT2D eigenvalue weighted by molar-refractivity contribution is 5.48. The van der Waals surface area contributed by atoms with E-state index >= 15 is 0 Å². The lowest BCUT2D eigenvalue weighted by Gasteiger charge is -2.23. The number of fused-ring (bicyclic) bond motifs is 1. The van der Waals surface area contributed by atoms with E-state index < -0.39 is 0 Å². The summed E-state index contributed by atoms with van der Waals surface area (Å²) in [6.07, 6.45) is 1.66. The molecule has 76 valence electrons. The first-order chi connectivity index (χ1) is 6.77. The van der Waals surface area contributed by atoms with E-state index in [1.165, 1.54) is 0 Å². The molecule has 0 aliphatic rings. The maximum Gasteiger partial charge on any atom is 0.181 e. The number of hydrogen-bond donors (Lipinski definition) is 1. The second-order valence-corrected chi connectivity index (χ2v) is 3.03. The van der Waals surface area contributed by atoms with E-state index in [-0.39, 0.29) is 0 Å². The van der Waals surface area contributed by atoms with E-state index in [4.69, 9.17) is 5.73 Å². The summed E-state index contributed by atoms with van der Waals surface area (Å²) in [6.45, 7) is 5.95. The molecular weight excluding hydrogens is 180 g/mol. The minimum absolute atomic E-state index is 0.679. The van der Waals surface area contributed by atoms with Gasteiger partial charge in [-0.05, 0) is 13.8 Å². The molecule has 14 heavy (non-hydrogen) atoms. The molecule has 0 unspecified atom stereocenters. The van der Waals surface area contributed by atoms with E-state index in [9.17, 15) is 0 Å². The molecule has 0 saturated heterocycles. The van der Waals surface area contributed by atoms with Gasteiger partial charge in [0.15, 0.2) is 5.65 Å². The van der Waals surface area contributed by atoms with Gasteiger partial charge in [-0.15, -0.1) is 10.2 Å². The van der Waals surface area contributed by atoms with Crippen LogP contribution in [-0.4, -0.2) is 32.6 Å². The van der Waals surface area contributed by atoms with Gasteiger partial charge in [0.05, 0.1) is 0 Å². The predicted molar refractivity (Wildman–Crippen MR) is 54.7 cm³/mol. The topological polar surface area (TPSA) is 64.4 Å². The van der Waals surface area contributed by atoms with Crippen molar-refractivity contribution in [3.63, 3.8) is 0 Å². The third-order valence-electron chi connectivity index (χ3n) is 2.27. The number of rotatable bonds is 3. The standard InChI is InChI=1S/C8H14N6/c1-3-12(4-2)14-7(9)5-8-11-10-6-13(8)14/h5-6H,3-4,9H2,1-2H3. The summed E-state index contributed by atoms with van der Waals surface area (Å²) < 4.78 is 1.84. The van der Waals surface area contributed by atoms with Crippen molar-refractivity contribution < 1.29 is 0 Å². The number of nitrogens with two attached hydrogens (primary N) is 1. The van der Waals surface area contributed by atoms with Crippen molar-refractivity contribution in [3.05, 3.63) is 12.4 Å². The van der Waals surface area contributed by atoms with Gasteiger partial charge in [-0.1, -0.05) is 0 Å². The third-order valence-corrected chi connectivity index (χ3v) is 2.27. The molecule has 0 fully saturated rings. The van der Waals surface area contributed by atoms with Crippen LogP contribution in [0.25, 0.3) is 5.65 Å². The van der Waals surface area contributed by atoms with Gasteiger partial charge in [-0.25, -0.2) is 4.52 Å². The molecule has 2 rings (SSSR count). The van der Waals surface area contributed by atoms with E-state index in [2.05, 4.69) is 29.1 Å². The largest absolute Gasteiger partial charge is 0.382 e. The Morgan fingerprint density at radius 1 is 1.43 bits per heavy atom. The molecule has 0 aliphatic carbocycles. The normalized spacial score (nSPS) is 11.0. The van der Waals surface area contributed by atoms with Gasteiger partial charge in [0.1, 0.15) is 12.1 Å². The van der Waals surface area contributed by atoms with Crippen LogP contribution >= 0.6 is 0 Å². The highest BCUT2D eigenvalue weighted by atomic mass is 15.7. The molecule has 0 aliphatic heterocycles. The Labute approximate surface area is 81.9 Å². The van der Waals surface area contributed by atoms with E-state index in [1.807, 2.05) is 15.4 Å². The Kier molecular flexibility index (Phi) is 2.03. The average Bonchev–Trinajstić information content (AvgIpc) is 2.70. The van der Waals surface area contributed by atoms with Gasteiger partial charge < -0.3 is 5.73 Å². The zero-order valence-electron chi connectivity index (χ0n) is 8.38. The quantitative estimate of drug-likeness (QED) is 0.752. The van der Waals surface area contributed by atoms with Crippen molar-refractivity contribution in [1.82, 2.24) is 19.5 Å². The van der Waals surface area contributed by atoms with Crippen LogP contribution in [0.1, 0.15) is 13.8 Å². The van der Waals surface area contributed by atoms with Crippen LogP contribution in [0.3, 0.4) is 0 Å².